The Kier molecular flexibility index (Phi) is 5.96. The summed E-state index contributed by atoms with van der Waals surface area (Å²) < 4.78 is 49.3. The summed E-state index contributed by atoms with van der Waals surface area (Å²) in [6, 6.07) is 3.52. The Balaban J connectivity index is 3.05. The lowest BCUT2D eigenvalue weighted by Crippen LogP contribution is -2.25. The largest absolute Gasteiger partial charge is 0.396 e. The van der Waals surface area contributed by atoms with Crippen molar-refractivity contribution in [3.05, 3.63) is 23.2 Å². The van der Waals surface area contributed by atoms with Gasteiger partial charge in [0.1, 0.15) is 4.90 Å². The average molecular weight is 342 g/mol. The van der Waals surface area contributed by atoms with E-state index in [1.165, 1.54) is 12.1 Å². The molecular weight excluding hydrogens is 326 g/mol. The molecule has 0 saturated heterocycles. The first-order valence-corrected chi connectivity index (χ1v) is 9.54. The van der Waals surface area contributed by atoms with Gasteiger partial charge in [-0.05, 0) is 31.0 Å². The third-order valence-corrected chi connectivity index (χ3v) is 5.55. The van der Waals surface area contributed by atoms with Gasteiger partial charge in [0.2, 0.25) is 10.0 Å². The lowest BCUT2D eigenvalue weighted by molar-refractivity contribution is 0.285. The SMILES string of the molecule is CS(=O)(=O)c1ccc(Cl)c(S(=O)(=O)NCCCCO)c1. The van der Waals surface area contributed by atoms with Gasteiger partial charge in [-0.25, -0.2) is 21.6 Å². The molecule has 114 valence electrons. The summed E-state index contributed by atoms with van der Waals surface area (Å²) in [7, 11) is -7.40. The van der Waals surface area contributed by atoms with Crippen molar-refractivity contribution in [3.8, 4) is 0 Å². The number of rotatable bonds is 7. The van der Waals surface area contributed by atoms with Crippen LogP contribution in [0.1, 0.15) is 12.8 Å². The highest BCUT2D eigenvalue weighted by Crippen LogP contribution is 2.24. The molecule has 0 amide bonds. The number of hydrogen-bond acceptors (Lipinski definition) is 5. The predicted octanol–water partition coefficient (Wildman–Crippen LogP) is 0.794. The van der Waals surface area contributed by atoms with E-state index in [2.05, 4.69) is 4.72 Å². The quantitative estimate of drug-likeness (QED) is 0.714. The zero-order chi connectivity index (χ0) is 15.4. The molecule has 0 aromatic heterocycles. The van der Waals surface area contributed by atoms with Crippen LogP contribution in [0.4, 0.5) is 0 Å². The minimum atomic E-state index is -3.88. The molecule has 0 aliphatic carbocycles. The second-order valence-corrected chi connectivity index (χ2v) is 8.35. The molecule has 0 aliphatic rings. The monoisotopic (exact) mass is 341 g/mol. The predicted molar refractivity (Wildman–Crippen MR) is 76.1 cm³/mol. The van der Waals surface area contributed by atoms with Crippen molar-refractivity contribution in [3.63, 3.8) is 0 Å². The van der Waals surface area contributed by atoms with Crippen LogP contribution in [-0.4, -0.2) is 41.3 Å². The van der Waals surface area contributed by atoms with E-state index in [1.54, 1.807) is 0 Å². The molecule has 0 heterocycles. The number of nitrogens with one attached hydrogen (secondary N) is 1. The standard InChI is InChI=1S/C11H16ClNO5S2/c1-19(15,16)9-4-5-10(12)11(8-9)20(17,18)13-6-2-3-7-14/h4-5,8,13-14H,2-3,6-7H2,1H3. The first kappa shape index (κ1) is 17.4. The van der Waals surface area contributed by atoms with Crippen LogP contribution in [0.25, 0.3) is 0 Å². The fourth-order valence-electron chi connectivity index (χ4n) is 1.44. The Hall–Kier alpha value is -0.670. The van der Waals surface area contributed by atoms with E-state index in [4.69, 9.17) is 16.7 Å². The zero-order valence-electron chi connectivity index (χ0n) is 10.8. The highest BCUT2D eigenvalue weighted by molar-refractivity contribution is 7.91. The number of benzene rings is 1. The Bertz CT molecular complexity index is 670. The van der Waals surface area contributed by atoms with Crippen LogP contribution in [0.15, 0.2) is 28.0 Å². The van der Waals surface area contributed by atoms with Crippen molar-refractivity contribution in [2.24, 2.45) is 0 Å². The van der Waals surface area contributed by atoms with Gasteiger partial charge in [-0.2, -0.15) is 0 Å². The molecule has 9 heteroatoms. The molecule has 1 aromatic rings. The number of aliphatic hydroxyl groups is 1. The molecule has 2 N–H and O–H groups in total. The van der Waals surface area contributed by atoms with Crippen LogP contribution in [-0.2, 0) is 19.9 Å². The van der Waals surface area contributed by atoms with E-state index in [1.807, 2.05) is 0 Å². The van der Waals surface area contributed by atoms with Crippen LogP contribution in [0.5, 0.6) is 0 Å². The van der Waals surface area contributed by atoms with E-state index < -0.39 is 19.9 Å². The van der Waals surface area contributed by atoms with Gasteiger partial charge >= 0.3 is 0 Å². The first-order valence-electron chi connectivity index (χ1n) is 5.78. The van der Waals surface area contributed by atoms with Crippen LogP contribution in [0.3, 0.4) is 0 Å². The normalized spacial score (nSPS) is 12.6. The third kappa shape index (κ3) is 4.71. The average Bonchev–Trinajstić information content (AvgIpc) is 2.33. The van der Waals surface area contributed by atoms with Gasteiger partial charge in [-0.1, -0.05) is 11.6 Å². The lowest BCUT2D eigenvalue weighted by atomic mass is 10.3. The Morgan fingerprint density at radius 1 is 1.20 bits per heavy atom. The van der Waals surface area contributed by atoms with Crippen molar-refractivity contribution in [2.45, 2.75) is 22.6 Å². The summed E-state index contributed by atoms with van der Waals surface area (Å²) in [5.41, 5.74) is 0. The molecule has 0 bridgehead atoms. The summed E-state index contributed by atoms with van der Waals surface area (Å²) >= 11 is 5.82. The van der Waals surface area contributed by atoms with E-state index in [0.29, 0.717) is 12.8 Å². The number of sulfonamides is 1. The van der Waals surface area contributed by atoms with E-state index in [-0.39, 0.29) is 28.0 Å². The summed E-state index contributed by atoms with van der Waals surface area (Å²) in [4.78, 5) is -0.385. The number of sulfone groups is 1. The molecule has 0 spiro atoms. The molecule has 0 unspecified atom stereocenters. The van der Waals surface area contributed by atoms with E-state index in [9.17, 15) is 16.8 Å². The van der Waals surface area contributed by atoms with Gasteiger partial charge in [0, 0.05) is 19.4 Å². The van der Waals surface area contributed by atoms with Crippen molar-refractivity contribution in [1.29, 1.82) is 0 Å². The second-order valence-electron chi connectivity index (χ2n) is 4.19. The molecular formula is C11H16ClNO5S2. The summed E-state index contributed by atoms with van der Waals surface area (Å²) in [6.45, 7) is 0.119. The Morgan fingerprint density at radius 3 is 2.40 bits per heavy atom. The number of halogens is 1. The Morgan fingerprint density at radius 2 is 1.85 bits per heavy atom. The van der Waals surface area contributed by atoms with Crippen molar-refractivity contribution >= 4 is 31.5 Å². The molecule has 0 aliphatic heterocycles. The first-order chi connectivity index (χ1) is 9.18. The molecule has 1 aromatic carbocycles. The van der Waals surface area contributed by atoms with Crippen LogP contribution in [0, 0.1) is 0 Å². The minimum Gasteiger partial charge on any atom is -0.396 e. The maximum absolute atomic E-state index is 12.0. The molecule has 0 radical (unpaired) electrons. The molecule has 0 saturated carbocycles. The fraction of sp³-hybridized carbons (Fsp3) is 0.455. The van der Waals surface area contributed by atoms with Crippen LogP contribution >= 0.6 is 11.6 Å². The highest BCUT2D eigenvalue weighted by atomic mass is 35.5. The lowest BCUT2D eigenvalue weighted by Gasteiger charge is -2.09. The maximum Gasteiger partial charge on any atom is 0.242 e. The van der Waals surface area contributed by atoms with Gasteiger partial charge in [-0.3, -0.25) is 0 Å². The highest BCUT2D eigenvalue weighted by Gasteiger charge is 2.20. The number of unbranched alkanes of at least 4 members (excludes halogenated alkanes) is 1. The molecule has 0 fully saturated rings. The van der Waals surface area contributed by atoms with E-state index in [0.717, 1.165) is 12.3 Å². The maximum atomic E-state index is 12.0. The van der Waals surface area contributed by atoms with Gasteiger partial charge < -0.3 is 5.11 Å². The third-order valence-electron chi connectivity index (χ3n) is 2.50. The van der Waals surface area contributed by atoms with Gasteiger partial charge in [0.05, 0.1) is 9.92 Å². The topological polar surface area (TPSA) is 101 Å². The molecule has 1 rings (SSSR count). The van der Waals surface area contributed by atoms with Gasteiger partial charge in [-0.15, -0.1) is 0 Å². The summed E-state index contributed by atoms with van der Waals surface area (Å²) in [5.74, 6) is 0. The van der Waals surface area contributed by atoms with Crippen LogP contribution < -0.4 is 4.72 Å². The van der Waals surface area contributed by atoms with Crippen LogP contribution in [0.2, 0.25) is 5.02 Å². The summed E-state index contributed by atoms with van der Waals surface area (Å²) in [5, 5.41) is 8.57. The van der Waals surface area contributed by atoms with E-state index >= 15 is 0 Å². The molecule has 6 nitrogen and oxygen atoms in total. The van der Waals surface area contributed by atoms with Crippen molar-refractivity contribution in [1.82, 2.24) is 4.72 Å². The number of aliphatic hydroxyl groups excluding tert-OH is 1. The zero-order valence-corrected chi connectivity index (χ0v) is 13.2. The second kappa shape index (κ2) is 6.86. The van der Waals surface area contributed by atoms with Gasteiger partial charge in [0.25, 0.3) is 0 Å². The van der Waals surface area contributed by atoms with Gasteiger partial charge in [0.15, 0.2) is 9.84 Å². The van der Waals surface area contributed by atoms with Crippen molar-refractivity contribution in [2.75, 3.05) is 19.4 Å². The fourth-order valence-corrected chi connectivity index (χ4v) is 3.76. The number of hydrogen-bond donors (Lipinski definition) is 2. The smallest absolute Gasteiger partial charge is 0.242 e. The minimum absolute atomic E-state index is 0.0218. The molecule has 20 heavy (non-hydrogen) atoms. The van der Waals surface area contributed by atoms with Crippen molar-refractivity contribution < 1.29 is 21.9 Å². The summed E-state index contributed by atoms with van der Waals surface area (Å²) in [6.07, 6.45) is 1.93. The molecule has 0 atom stereocenters. The Labute approximate surface area is 123 Å².